The molecule has 0 amide bonds. The lowest BCUT2D eigenvalue weighted by Gasteiger charge is -2.48. The second-order valence-corrected chi connectivity index (χ2v) is 9.84. The van der Waals surface area contributed by atoms with Gasteiger partial charge in [-0.3, -0.25) is 4.99 Å². The van der Waals surface area contributed by atoms with E-state index < -0.39 is 0 Å². The first-order valence-corrected chi connectivity index (χ1v) is 11.7. The molecule has 2 atom stereocenters. The molecule has 0 fully saturated rings. The van der Waals surface area contributed by atoms with Crippen LogP contribution in [0.25, 0.3) is 20.2 Å². The summed E-state index contributed by atoms with van der Waals surface area (Å²) in [6, 6.07) is 24.1. The predicted molar refractivity (Wildman–Crippen MR) is 132 cm³/mol. The number of benzene rings is 3. The molecule has 0 bridgehead atoms. The quantitative estimate of drug-likeness (QED) is 0.365. The lowest BCUT2D eigenvalue weighted by atomic mass is 9.62. The van der Waals surface area contributed by atoms with Crippen LogP contribution in [0.3, 0.4) is 0 Å². The Balaban J connectivity index is 1.61. The molecule has 3 aromatic carbocycles. The number of nitrogens with one attached hydrogen (secondary N) is 1. The third kappa shape index (κ3) is 2.72. The molecule has 4 aromatic rings. The van der Waals surface area contributed by atoms with Gasteiger partial charge in [0.25, 0.3) is 0 Å². The minimum absolute atomic E-state index is 0.0267. The van der Waals surface area contributed by atoms with Crippen molar-refractivity contribution < 1.29 is 0 Å². The number of rotatable bonds is 3. The standard InChI is InChI=1S/C27H28N2S/c1-5-26(3)22-13-9-7-12-21(22)25(29-27(26,4)6-2)28-18-15-16-20-19-11-8-10-14-23(19)30-24(20)17-18/h7-17H,5-6H2,1-4H3,(H,28,29). The van der Waals surface area contributed by atoms with E-state index in [1.54, 1.807) is 0 Å². The minimum Gasteiger partial charge on any atom is -0.340 e. The van der Waals surface area contributed by atoms with Crippen molar-refractivity contribution in [3.8, 4) is 0 Å². The molecule has 2 unspecified atom stereocenters. The number of thiophene rings is 1. The van der Waals surface area contributed by atoms with Gasteiger partial charge in [-0.15, -0.1) is 11.3 Å². The van der Waals surface area contributed by atoms with Crippen molar-refractivity contribution in [2.45, 2.75) is 51.5 Å². The van der Waals surface area contributed by atoms with Crippen molar-refractivity contribution in [2.24, 2.45) is 4.99 Å². The van der Waals surface area contributed by atoms with E-state index in [1.165, 1.54) is 31.3 Å². The SMILES string of the molecule is CCC1(C)N=C(Nc2ccc3c(c2)sc2ccccc23)c2ccccc2C1(C)CC. The average Bonchev–Trinajstić information content (AvgIpc) is 3.15. The highest BCUT2D eigenvalue weighted by Gasteiger charge is 2.47. The van der Waals surface area contributed by atoms with Crippen molar-refractivity contribution in [1.82, 2.24) is 0 Å². The van der Waals surface area contributed by atoms with Crippen LogP contribution in [0.1, 0.15) is 51.7 Å². The molecular formula is C27H28N2S. The van der Waals surface area contributed by atoms with Crippen molar-refractivity contribution >= 4 is 43.0 Å². The van der Waals surface area contributed by atoms with E-state index in [1.807, 2.05) is 11.3 Å². The Hall–Kier alpha value is -2.65. The topological polar surface area (TPSA) is 24.4 Å². The van der Waals surface area contributed by atoms with E-state index in [9.17, 15) is 0 Å². The van der Waals surface area contributed by atoms with Crippen LogP contribution < -0.4 is 5.32 Å². The van der Waals surface area contributed by atoms with Crippen LogP contribution in [0.4, 0.5) is 5.69 Å². The summed E-state index contributed by atoms with van der Waals surface area (Å²) in [5, 5.41) is 6.34. The Bertz CT molecular complexity index is 1280. The number of hydrogen-bond donors (Lipinski definition) is 1. The molecule has 152 valence electrons. The lowest BCUT2D eigenvalue weighted by Crippen LogP contribution is -2.50. The number of amidine groups is 1. The molecule has 0 aliphatic carbocycles. The highest BCUT2D eigenvalue weighted by Crippen LogP contribution is 2.47. The van der Waals surface area contributed by atoms with Crippen molar-refractivity contribution in [1.29, 1.82) is 0 Å². The van der Waals surface area contributed by atoms with Gasteiger partial charge < -0.3 is 5.32 Å². The second kappa shape index (κ2) is 6.95. The van der Waals surface area contributed by atoms with Gasteiger partial charge in [-0.1, -0.05) is 69.3 Å². The zero-order chi connectivity index (χ0) is 20.9. The fourth-order valence-electron chi connectivity index (χ4n) is 4.97. The van der Waals surface area contributed by atoms with E-state index in [0.29, 0.717) is 0 Å². The molecule has 0 radical (unpaired) electrons. The molecule has 0 spiro atoms. The lowest BCUT2D eigenvalue weighted by molar-refractivity contribution is 0.237. The fraction of sp³-hybridized carbons (Fsp3) is 0.296. The van der Waals surface area contributed by atoms with Gasteiger partial charge in [0.15, 0.2) is 0 Å². The van der Waals surface area contributed by atoms with Gasteiger partial charge in [0.2, 0.25) is 0 Å². The average molecular weight is 413 g/mol. The van der Waals surface area contributed by atoms with Crippen LogP contribution in [0.15, 0.2) is 71.7 Å². The molecule has 2 heterocycles. The summed E-state index contributed by atoms with van der Waals surface area (Å²) in [7, 11) is 0. The van der Waals surface area contributed by atoms with Gasteiger partial charge >= 0.3 is 0 Å². The minimum atomic E-state index is -0.139. The van der Waals surface area contributed by atoms with Gasteiger partial charge in [-0.25, -0.2) is 0 Å². The monoisotopic (exact) mass is 412 g/mol. The van der Waals surface area contributed by atoms with Gasteiger partial charge in [0.1, 0.15) is 5.84 Å². The van der Waals surface area contributed by atoms with E-state index in [4.69, 9.17) is 4.99 Å². The molecule has 1 aliphatic rings. The Morgan fingerprint density at radius 1 is 0.833 bits per heavy atom. The van der Waals surface area contributed by atoms with E-state index in [0.717, 1.165) is 24.4 Å². The molecule has 5 rings (SSSR count). The maximum absolute atomic E-state index is 5.32. The van der Waals surface area contributed by atoms with Gasteiger partial charge in [-0.05, 0) is 43.5 Å². The molecule has 1 aromatic heterocycles. The zero-order valence-corrected chi connectivity index (χ0v) is 18.9. The first-order chi connectivity index (χ1) is 14.5. The normalized spacial score (nSPS) is 23.4. The van der Waals surface area contributed by atoms with Crippen LogP contribution >= 0.6 is 11.3 Å². The summed E-state index contributed by atoms with van der Waals surface area (Å²) >= 11 is 1.85. The molecular weight excluding hydrogens is 384 g/mol. The smallest absolute Gasteiger partial charge is 0.133 e. The van der Waals surface area contributed by atoms with Crippen LogP contribution in [0.2, 0.25) is 0 Å². The molecule has 1 aliphatic heterocycles. The maximum Gasteiger partial charge on any atom is 0.133 e. The highest BCUT2D eigenvalue weighted by molar-refractivity contribution is 7.25. The van der Waals surface area contributed by atoms with Crippen LogP contribution in [0, 0.1) is 0 Å². The first kappa shape index (κ1) is 19.3. The molecule has 1 N–H and O–H groups in total. The third-order valence-electron chi connectivity index (χ3n) is 7.36. The van der Waals surface area contributed by atoms with Gasteiger partial charge in [0.05, 0.1) is 5.54 Å². The number of fused-ring (bicyclic) bond motifs is 4. The number of anilines is 1. The van der Waals surface area contributed by atoms with Gasteiger partial charge in [0, 0.05) is 36.8 Å². The zero-order valence-electron chi connectivity index (χ0n) is 18.1. The van der Waals surface area contributed by atoms with Crippen molar-refractivity contribution in [3.63, 3.8) is 0 Å². The summed E-state index contributed by atoms with van der Waals surface area (Å²) in [6.45, 7) is 9.22. The van der Waals surface area contributed by atoms with E-state index in [-0.39, 0.29) is 11.0 Å². The fourth-order valence-corrected chi connectivity index (χ4v) is 6.11. The predicted octanol–water partition coefficient (Wildman–Crippen LogP) is 7.76. The Kier molecular flexibility index (Phi) is 4.48. The summed E-state index contributed by atoms with van der Waals surface area (Å²) in [4.78, 5) is 5.32. The first-order valence-electron chi connectivity index (χ1n) is 10.9. The molecule has 30 heavy (non-hydrogen) atoms. The number of nitrogens with zero attached hydrogens (tertiary/aromatic N) is 1. The van der Waals surface area contributed by atoms with Crippen LogP contribution in [-0.4, -0.2) is 11.4 Å². The van der Waals surface area contributed by atoms with Crippen molar-refractivity contribution in [2.75, 3.05) is 5.32 Å². The maximum atomic E-state index is 5.32. The number of hydrogen-bond acceptors (Lipinski definition) is 3. The highest BCUT2D eigenvalue weighted by atomic mass is 32.1. The summed E-state index contributed by atoms with van der Waals surface area (Å²) in [6.07, 6.45) is 2.07. The Morgan fingerprint density at radius 2 is 1.57 bits per heavy atom. The molecule has 2 nitrogen and oxygen atoms in total. The van der Waals surface area contributed by atoms with Crippen LogP contribution in [0.5, 0.6) is 0 Å². The van der Waals surface area contributed by atoms with Crippen molar-refractivity contribution in [3.05, 3.63) is 77.9 Å². The third-order valence-corrected chi connectivity index (χ3v) is 8.49. The summed E-state index contributed by atoms with van der Waals surface area (Å²) in [5.41, 5.74) is 3.61. The van der Waals surface area contributed by atoms with Gasteiger partial charge in [-0.2, -0.15) is 0 Å². The Morgan fingerprint density at radius 3 is 2.37 bits per heavy atom. The molecule has 0 saturated heterocycles. The Labute approximate surface area is 182 Å². The van der Waals surface area contributed by atoms with Crippen LogP contribution in [-0.2, 0) is 5.41 Å². The van der Waals surface area contributed by atoms with E-state index in [2.05, 4.69) is 99.7 Å². The summed E-state index contributed by atoms with van der Waals surface area (Å²) < 4.78 is 2.64. The molecule has 3 heteroatoms. The molecule has 0 saturated carbocycles. The number of aliphatic imine (C=N–C) groups is 1. The van der Waals surface area contributed by atoms with E-state index >= 15 is 0 Å². The summed E-state index contributed by atoms with van der Waals surface area (Å²) in [5.74, 6) is 0.987. The largest absolute Gasteiger partial charge is 0.340 e. The second-order valence-electron chi connectivity index (χ2n) is 8.75.